The fourth-order valence-corrected chi connectivity index (χ4v) is 3.18. The van der Waals surface area contributed by atoms with E-state index in [0.29, 0.717) is 25.1 Å². The van der Waals surface area contributed by atoms with E-state index in [2.05, 4.69) is 50.8 Å². The molecule has 22 heavy (non-hydrogen) atoms. The van der Waals surface area contributed by atoms with Gasteiger partial charge in [-0.25, -0.2) is 0 Å². The number of nitrogens with zero attached hydrogens (tertiary/aromatic N) is 1. The van der Waals surface area contributed by atoms with Gasteiger partial charge in [-0.3, -0.25) is 4.90 Å². The highest BCUT2D eigenvalue weighted by molar-refractivity contribution is 5.39. The predicted octanol–water partition coefficient (Wildman–Crippen LogP) is 3.73. The van der Waals surface area contributed by atoms with Crippen LogP contribution in [0.5, 0.6) is 5.75 Å². The van der Waals surface area contributed by atoms with Crippen molar-refractivity contribution in [2.45, 2.75) is 65.0 Å². The fraction of sp³-hybridized carbons (Fsp3) is 0.684. The molecule has 1 aliphatic heterocycles. The predicted molar refractivity (Wildman–Crippen MR) is 91.7 cm³/mol. The second kappa shape index (κ2) is 7.98. The number of β-amino-alcohol motifs (C(OH)–C–C–N with tert-alkyl or cyclic N) is 1. The number of hydrogen-bond acceptors (Lipinski definition) is 3. The lowest BCUT2D eigenvalue weighted by Gasteiger charge is -2.34. The van der Waals surface area contributed by atoms with Crippen LogP contribution in [0.1, 0.15) is 57.1 Å². The number of aliphatic hydroxyl groups is 1. The van der Waals surface area contributed by atoms with Gasteiger partial charge in [0, 0.05) is 12.6 Å². The van der Waals surface area contributed by atoms with Crippen molar-refractivity contribution in [3.63, 3.8) is 0 Å². The Kier molecular flexibility index (Phi) is 6.27. The zero-order chi connectivity index (χ0) is 16.1. The smallest absolute Gasteiger partial charge is 0.123 e. The number of piperidine rings is 1. The van der Waals surface area contributed by atoms with E-state index in [9.17, 15) is 5.11 Å². The summed E-state index contributed by atoms with van der Waals surface area (Å²) in [4.78, 5) is 2.39. The first-order valence-electron chi connectivity index (χ1n) is 8.63. The highest BCUT2D eigenvalue weighted by atomic mass is 16.5. The molecule has 0 bridgehead atoms. The maximum atomic E-state index is 10.3. The highest BCUT2D eigenvalue weighted by Crippen LogP contribution is 2.27. The Morgan fingerprint density at radius 2 is 2.09 bits per heavy atom. The third-order valence-electron chi connectivity index (χ3n) is 4.61. The van der Waals surface area contributed by atoms with Crippen molar-refractivity contribution in [3.8, 4) is 5.75 Å². The van der Waals surface area contributed by atoms with Crippen molar-refractivity contribution in [1.29, 1.82) is 0 Å². The molecule has 2 rings (SSSR count). The van der Waals surface area contributed by atoms with E-state index < -0.39 is 6.10 Å². The first-order valence-corrected chi connectivity index (χ1v) is 8.63. The first kappa shape index (κ1) is 17.3. The minimum Gasteiger partial charge on any atom is -0.491 e. The van der Waals surface area contributed by atoms with Gasteiger partial charge in [-0.2, -0.15) is 0 Å². The van der Waals surface area contributed by atoms with E-state index >= 15 is 0 Å². The Balaban J connectivity index is 1.90. The number of benzene rings is 1. The maximum Gasteiger partial charge on any atom is 0.123 e. The van der Waals surface area contributed by atoms with E-state index in [4.69, 9.17) is 4.74 Å². The monoisotopic (exact) mass is 305 g/mol. The zero-order valence-corrected chi connectivity index (χ0v) is 14.5. The SMILES string of the molecule is Cc1ccc(C(C)C)c(OC[C@@H](O)CN2CCCC[C@@H]2C)c1. The van der Waals surface area contributed by atoms with Crippen LogP contribution in [0.2, 0.25) is 0 Å². The number of aliphatic hydroxyl groups excluding tert-OH is 1. The topological polar surface area (TPSA) is 32.7 Å². The standard InChI is InChI=1S/C19H31NO2/c1-14(2)18-9-8-15(3)11-19(18)22-13-17(21)12-20-10-6-5-7-16(20)4/h8-9,11,14,16-17,21H,5-7,10,12-13H2,1-4H3/t16-,17-/m0/s1. The molecular formula is C19H31NO2. The van der Waals surface area contributed by atoms with Gasteiger partial charge in [0.25, 0.3) is 0 Å². The van der Waals surface area contributed by atoms with Crippen LogP contribution in [0.3, 0.4) is 0 Å². The normalized spacial score (nSPS) is 21.1. The second-order valence-electron chi connectivity index (χ2n) is 7.00. The summed E-state index contributed by atoms with van der Waals surface area (Å²) < 4.78 is 5.94. The third-order valence-corrected chi connectivity index (χ3v) is 4.61. The molecular weight excluding hydrogens is 274 g/mol. The van der Waals surface area contributed by atoms with E-state index in [1.807, 2.05) is 0 Å². The Hall–Kier alpha value is -1.06. The van der Waals surface area contributed by atoms with Crippen LogP contribution in [0.25, 0.3) is 0 Å². The van der Waals surface area contributed by atoms with Crippen LogP contribution in [0.15, 0.2) is 18.2 Å². The molecule has 124 valence electrons. The van der Waals surface area contributed by atoms with Crippen molar-refractivity contribution in [2.24, 2.45) is 0 Å². The molecule has 1 heterocycles. The lowest BCUT2D eigenvalue weighted by atomic mass is 10.0. The summed E-state index contributed by atoms with van der Waals surface area (Å²) in [5.74, 6) is 1.34. The van der Waals surface area contributed by atoms with Gasteiger partial charge in [-0.15, -0.1) is 0 Å². The molecule has 0 spiro atoms. The summed E-state index contributed by atoms with van der Waals surface area (Å²) in [6, 6.07) is 6.90. The highest BCUT2D eigenvalue weighted by Gasteiger charge is 2.21. The van der Waals surface area contributed by atoms with Gasteiger partial charge in [-0.05, 0) is 56.3 Å². The number of aryl methyl sites for hydroxylation is 1. The van der Waals surface area contributed by atoms with Gasteiger partial charge < -0.3 is 9.84 Å². The number of ether oxygens (including phenoxy) is 1. The van der Waals surface area contributed by atoms with E-state index in [1.165, 1.54) is 30.4 Å². The number of rotatable bonds is 6. The van der Waals surface area contributed by atoms with Crippen molar-refractivity contribution in [3.05, 3.63) is 29.3 Å². The molecule has 1 aromatic carbocycles. The van der Waals surface area contributed by atoms with E-state index in [0.717, 1.165) is 12.3 Å². The lowest BCUT2D eigenvalue weighted by Crippen LogP contribution is -2.43. The molecule has 3 heteroatoms. The molecule has 0 aromatic heterocycles. The molecule has 0 saturated carbocycles. The Morgan fingerprint density at radius 1 is 1.32 bits per heavy atom. The van der Waals surface area contributed by atoms with Crippen molar-refractivity contribution in [1.82, 2.24) is 4.90 Å². The first-order chi connectivity index (χ1) is 10.5. The van der Waals surface area contributed by atoms with Gasteiger partial charge in [0.1, 0.15) is 18.5 Å². The number of likely N-dealkylation sites (tertiary alicyclic amines) is 1. The summed E-state index contributed by atoms with van der Waals surface area (Å²) in [7, 11) is 0. The van der Waals surface area contributed by atoms with Crippen molar-refractivity contribution in [2.75, 3.05) is 19.7 Å². The van der Waals surface area contributed by atoms with Gasteiger partial charge >= 0.3 is 0 Å². The quantitative estimate of drug-likeness (QED) is 0.869. The van der Waals surface area contributed by atoms with Crippen LogP contribution >= 0.6 is 0 Å². The van der Waals surface area contributed by atoms with Crippen LogP contribution < -0.4 is 4.74 Å². The van der Waals surface area contributed by atoms with Crippen LogP contribution in [0.4, 0.5) is 0 Å². The molecule has 1 saturated heterocycles. The zero-order valence-electron chi connectivity index (χ0n) is 14.5. The van der Waals surface area contributed by atoms with Gasteiger partial charge in [0.15, 0.2) is 0 Å². The molecule has 0 aliphatic carbocycles. The Labute approximate surface area is 135 Å². The van der Waals surface area contributed by atoms with Crippen LogP contribution in [-0.2, 0) is 0 Å². The Morgan fingerprint density at radius 3 is 2.77 bits per heavy atom. The molecule has 1 aromatic rings. The summed E-state index contributed by atoms with van der Waals surface area (Å²) >= 11 is 0. The molecule has 0 unspecified atom stereocenters. The van der Waals surface area contributed by atoms with Gasteiger partial charge in [0.2, 0.25) is 0 Å². The molecule has 1 N–H and O–H groups in total. The van der Waals surface area contributed by atoms with E-state index in [-0.39, 0.29) is 0 Å². The van der Waals surface area contributed by atoms with Gasteiger partial charge in [-0.1, -0.05) is 32.4 Å². The molecule has 1 aliphatic rings. The molecule has 2 atom stereocenters. The summed E-state index contributed by atoms with van der Waals surface area (Å²) in [5.41, 5.74) is 2.41. The average Bonchev–Trinajstić information content (AvgIpc) is 2.47. The maximum absolute atomic E-state index is 10.3. The Bertz CT molecular complexity index is 473. The summed E-state index contributed by atoms with van der Waals surface area (Å²) in [6.07, 6.45) is 3.36. The lowest BCUT2D eigenvalue weighted by molar-refractivity contribution is 0.0435. The summed E-state index contributed by atoms with van der Waals surface area (Å²) in [5, 5.41) is 10.3. The van der Waals surface area contributed by atoms with Gasteiger partial charge in [0.05, 0.1) is 0 Å². The molecule has 3 nitrogen and oxygen atoms in total. The largest absolute Gasteiger partial charge is 0.491 e. The van der Waals surface area contributed by atoms with Crippen LogP contribution in [-0.4, -0.2) is 41.8 Å². The third kappa shape index (κ3) is 4.72. The van der Waals surface area contributed by atoms with Crippen molar-refractivity contribution >= 4 is 0 Å². The van der Waals surface area contributed by atoms with Crippen molar-refractivity contribution < 1.29 is 9.84 Å². The molecule has 0 radical (unpaired) electrons. The minimum atomic E-state index is -0.430. The average molecular weight is 305 g/mol. The molecule has 1 fully saturated rings. The number of hydrogen-bond donors (Lipinski definition) is 1. The summed E-state index contributed by atoms with van der Waals surface area (Å²) in [6.45, 7) is 10.8. The van der Waals surface area contributed by atoms with Crippen LogP contribution in [0, 0.1) is 6.92 Å². The fourth-order valence-electron chi connectivity index (χ4n) is 3.18. The van der Waals surface area contributed by atoms with E-state index in [1.54, 1.807) is 0 Å². The molecule has 0 amide bonds. The minimum absolute atomic E-state index is 0.367. The second-order valence-corrected chi connectivity index (χ2v) is 7.00.